The zero-order chi connectivity index (χ0) is 25.8. The number of carbonyl (C=O) groups excluding carboxylic acids is 1. The van der Waals surface area contributed by atoms with E-state index in [2.05, 4.69) is 23.6 Å². The topological polar surface area (TPSA) is 42.0 Å². The van der Waals surface area contributed by atoms with Crippen LogP contribution in [0.2, 0.25) is 0 Å². The van der Waals surface area contributed by atoms with Crippen LogP contribution in [0.3, 0.4) is 0 Å². The molecule has 1 amide bonds. The average Bonchev–Trinajstić information content (AvgIpc) is 2.94. The van der Waals surface area contributed by atoms with Gasteiger partial charge in [0.15, 0.2) is 11.5 Å². The Bertz CT molecular complexity index is 1400. The van der Waals surface area contributed by atoms with E-state index in [1.54, 1.807) is 13.2 Å². The Morgan fingerprint density at radius 3 is 2.35 bits per heavy atom. The number of aryl methyl sites for hydroxylation is 1. The zero-order valence-corrected chi connectivity index (χ0v) is 21.1. The molecule has 4 aromatic rings. The lowest BCUT2D eigenvalue weighted by molar-refractivity contribution is 0.0968. The second-order valence-electron chi connectivity index (χ2n) is 9.02. The number of hydrogen-bond donors (Lipinski definition) is 0. The minimum absolute atomic E-state index is 0.0419. The third-order valence-electron chi connectivity index (χ3n) is 6.55. The summed E-state index contributed by atoms with van der Waals surface area (Å²) in [7, 11) is 1.63. The van der Waals surface area contributed by atoms with Gasteiger partial charge in [-0.1, -0.05) is 78.9 Å². The smallest absolute Gasteiger partial charge is 0.262 e. The van der Waals surface area contributed by atoms with Crippen LogP contribution >= 0.6 is 0 Å². The van der Waals surface area contributed by atoms with Crippen molar-refractivity contribution in [1.82, 2.24) is 0 Å². The normalized spacial score (nSPS) is 14.8. The molecule has 0 N–H and O–H groups in total. The van der Waals surface area contributed by atoms with E-state index < -0.39 is 6.17 Å². The Morgan fingerprint density at radius 1 is 0.892 bits per heavy atom. The molecule has 5 heteroatoms. The molecule has 0 unspecified atom stereocenters. The van der Waals surface area contributed by atoms with Crippen molar-refractivity contribution in [3.05, 3.63) is 132 Å². The van der Waals surface area contributed by atoms with Gasteiger partial charge in [-0.05, 0) is 54.4 Å². The molecule has 0 aliphatic carbocycles. The molecular weight excluding hydrogens is 460 g/mol. The summed E-state index contributed by atoms with van der Waals surface area (Å²) in [5, 5.41) is 0. The van der Waals surface area contributed by atoms with Gasteiger partial charge in [0.1, 0.15) is 12.8 Å². The molecule has 1 aliphatic rings. The van der Waals surface area contributed by atoms with Gasteiger partial charge >= 0.3 is 0 Å². The maximum absolute atomic E-state index is 14.1. The molecule has 5 nitrogen and oxygen atoms in total. The van der Waals surface area contributed by atoms with E-state index in [9.17, 15) is 4.79 Å². The number of fused-ring (bicyclic) bond motifs is 1. The number of hydrogen-bond acceptors (Lipinski definition) is 4. The average molecular weight is 491 g/mol. The van der Waals surface area contributed by atoms with Crippen molar-refractivity contribution in [2.24, 2.45) is 0 Å². The highest BCUT2D eigenvalue weighted by Gasteiger charge is 2.39. The molecule has 0 bridgehead atoms. The van der Waals surface area contributed by atoms with Gasteiger partial charge in [0, 0.05) is 12.2 Å². The number of benzene rings is 4. The van der Waals surface area contributed by atoms with E-state index in [0.29, 0.717) is 30.2 Å². The Hall–Kier alpha value is -4.51. The molecule has 37 heavy (non-hydrogen) atoms. The third kappa shape index (κ3) is 4.81. The number of amides is 1. The molecule has 0 fully saturated rings. The third-order valence-corrected chi connectivity index (χ3v) is 6.55. The second-order valence-corrected chi connectivity index (χ2v) is 9.02. The summed E-state index contributed by atoms with van der Waals surface area (Å²) < 4.78 is 11.5. The van der Waals surface area contributed by atoms with Crippen molar-refractivity contribution in [2.45, 2.75) is 19.6 Å². The van der Waals surface area contributed by atoms with Gasteiger partial charge in [-0.3, -0.25) is 9.69 Å². The van der Waals surface area contributed by atoms with Gasteiger partial charge in [-0.25, -0.2) is 0 Å². The van der Waals surface area contributed by atoms with Crippen LogP contribution in [0.4, 0.5) is 11.4 Å². The van der Waals surface area contributed by atoms with E-state index in [4.69, 9.17) is 9.47 Å². The molecule has 0 radical (unpaired) electrons. The van der Waals surface area contributed by atoms with E-state index in [1.165, 1.54) is 0 Å². The van der Waals surface area contributed by atoms with Crippen LogP contribution in [0.15, 0.2) is 110 Å². The van der Waals surface area contributed by atoms with E-state index in [0.717, 1.165) is 28.1 Å². The van der Waals surface area contributed by atoms with E-state index in [-0.39, 0.29) is 5.91 Å². The van der Waals surface area contributed by atoms with Gasteiger partial charge in [-0.15, -0.1) is 0 Å². The Labute approximate surface area is 218 Å². The molecule has 0 saturated heterocycles. The minimum Gasteiger partial charge on any atom is -0.493 e. The number of carbonyl (C=O) groups is 1. The minimum atomic E-state index is -0.410. The van der Waals surface area contributed by atoms with Crippen molar-refractivity contribution in [1.29, 1.82) is 0 Å². The fourth-order valence-corrected chi connectivity index (χ4v) is 4.77. The van der Waals surface area contributed by atoms with E-state index in [1.807, 2.05) is 96.8 Å². The largest absolute Gasteiger partial charge is 0.493 e. The highest BCUT2D eigenvalue weighted by molar-refractivity contribution is 6.12. The quantitative estimate of drug-likeness (QED) is 0.251. The van der Waals surface area contributed by atoms with Crippen molar-refractivity contribution in [3.63, 3.8) is 0 Å². The SMILES string of the molecule is C=CCOc1ccc([C@@H]2N(Cc3ccccc3)c3ccccc3C(=O)N2c2ccc(C)cc2)cc1OC. The van der Waals surface area contributed by atoms with Crippen molar-refractivity contribution < 1.29 is 14.3 Å². The standard InChI is InChI=1S/C32H30N2O3/c1-4-20-37-29-19-16-25(21-30(29)36-3)31-33(22-24-10-6-5-7-11-24)28-13-9-8-12-27(28)32(35)34(31)26-17-14-23(2)15-18-26/h4-19,21,31H,1,20,22H2,2-3H3/t31-/m1/s1. The highest BCUT2D eigenvalue weighted by atomic mass is 16.5. The molecule has 4 aromatic carbocycles. The molecule has 1 atom stereocenters. The number of methoxy groups -OCH3 is 1. The van der Waals surface area contributed by atoms with Crippen LogP contribution in [-0.4, -0.2) is 19.6 Å². The van der Waals surface area contributed by atoms with Crippen LogP contribution < -0.4 is 19.3 Å². The van der Waals surface area contributed by atoms with Gasteiger partial charge in [0.05, 0.1) is 18.4 Å². The maximum atomic E-state index is 14.1. The van der Waals surface area contributed by atoms with Crippen molar-refractivity contribution >= 4 is 17.3 Å². The first kappa shape index (κ1) is 24.2. The van der Waals surface area contributed by atoms with Gasteiger partial charge in [0.25, 0.3) is 5.91 Å². The fraction of sp³-hybridized carbons (Fsp3) is 0.156. The number of para-hydroxylation sites is 1. The highest BCUT2D eigenvalue weighted by Crippen LogP contribution is 2.44. The maximum Gasteiger partial charge on any atom is 0.262 e. The van der Waals surface area contributed by atoms with Crippen LogP contribution in [0.5, 0.6) is 11.5 Å². The number of nitrogens with zero attached hydrogens (tertiary/aromatic N) is 2. The lowest BCUT2D eigenvalue weighted by Crippen LogP contribution is -2.49. The van der Waals surface area contributed by atoms with Gasteiger partial charge in [-0.2, -0.15) is 0 Å². The van der Waals surface area contributed by atoms with Crippen LogP contribution in [-0.2, 0) is 6.54 Å². The van der Waals surface area contributed by atoms with Crippen molar-refractivity contribution in [2.75, 3.05) is 23.5 Å². The van der Waals surface area contributed by atoms with Crippen LogP contribution in [0, 0.1) is 6.92 Å². The van der Waals surface area contributed by atoms with Crippen LogP contribution in [0.1, 0.15) is 33.2 Å². The second kappa shape index (κ2) is 10.6. The molecule has 1 heterocycles. The summed E-state index contributed by atoms with van der Waals surface area (Å²) in [6.07, 6.45) is 1.29. The summed E-state index contributed by atoms with van der Waals surface area (Å²) in [6, 6.07) is 32.1. The number of anilines is 2. The fourth-order valence-electron chi connectivity index (χ4n) is 4.77. The predicted octanol–water partition coefficient (Wildman–Crippen LogP) is 6.93. The Kier molecular flexibility index (Phi) is 6.95. The first-order valence-electron chi connectivity index (χ1n) is 12.3. The Morgan fingerprint density at radius 2 is 1.62 bits per heavy atom. The van der Waals surface area contributed by atoms with Gasteiger partial charge < -0.3 is 14.4 Å². The summed E-state index contributed by atoms with van der Waals surface area (Å²) in [5.41, 5.74) is 5.61. The molecule has 0 spiro atoms. The monoisotopic (exact) mass is 490 g/mol. The summed E-state index contributed by atoms with van der Waals surface area (Å²) >= 11 is 0. The summed E-state index contributed by atoms with van der Waals surface area (Å²) in [5.74, 6) is 1.19. The zero-order valence-electron chi connectivity index (χ0n) is 21.1. The van der Waals surface area contributed by atoms with Crippen LogP contribution in [0.25, 0.3) is 0 Å². The molecular formula is C32H30N2O3. The summed E-state index contributed by atoms with van der Waals surface area (Å²) in [4.78, 5) is 18.2. The van der Waals surface area contributed by atoms with Gasteiger partial charge in [0.2, 0.25) is 0 Å². The Balaban J connectivity index is 1.70. The lowest BCUT2D eigenvalue weighted by atomic mass is 9.98. The molecule has 1 aliphatic heterocycles. The molecule has 186 valence electrons. The first-order valence-corrected chi connectivity index (χ1v) is 12.3. The summed E-state index contributed by atoms with van der Waals surface area (Å²) in [6.45, 7) is 6.78. The lowest BCUT2D eigenvalue weighted by Gasteiger charge is -2.46. The number of rotatable bonds is 8. The first-order chi connectivity index (χ1) is 18.1. The van der Waals surface area contributed by atoms with E-state index >= 15 is 0 Å². The molecule has 0 saturated carbocycles. The predicted molar refractivity (Wildman–Crippen MR) is 148 cm³/mol. The van der Waals surface area contributed by atoms with Crippen molar-refractivity contribution in [3.8, 4) is 11.5 Å². The molecule has 0 aromatic heterocycles. The number of ether oxygens (including phenoxy) is 2. The molecule has 5 rings (SSSR count).